The SMILES string of the molecule is Cc1nc2c(N3CCN(C(=O)OCc4ccccc4)[C@@H](CC#N)C3)nc(OC[C@@H]3CCCN3C)nc2c(=O)n1-c1cccc2cccc(F)c12. The van der Waals surface area contributed by atoms with Crippen LogP contribution in [0.3, 0.4) is 0 Å². The highest BCUT2D eigenvalue weighted by Gasteiger charge is 2.34. The molecule has 256 valence electrons. The first-order valence-electron chi connectivity index (χ1n) is 16.7. The van der Waals surface area contributed by atoms with Crippen molar-refractivity contribution in [3.8, 4) is 17.8 Å². The summed E-state index contributed by atoms with van der Waals surface area (Å²) in [6.45, 7) is 3.92. The number of likely N-dealkylation sites (N-methyl/N-ethyl adjacent to an activating group) is 1. The topological polar surface area (TPSA) is 130 Å². The van der Waals surface area contributed by atoms with E-state index in [4.69, 9.17) is 19.4 Å². The second-order valence-electron chi connectivity index (χ2n) is 12.7. The summed E-state index contributed by atoms with van der Waals surface area (Å²) in [6.07, 6.45) is 1.57. The van der Waals surface area contributed by atoms with Crippen LogP contribution in [-0.2, 0) is 11.3 Å². The number of carbonyl (C=O) groups excluding carboxylic acids is 1. The Kier molecular flexibility index (Phi) is 9.27. The smallest absolute Gasteiger partial charge is 0.410 e. The fraction of sp³-hybridized carbons (Fsp3) is 0.351. The van der Waals surface area contributed by atoms with Gasteiger partial charge >= 0.3 is 12.1 Å². The van der Waals surface area contributed by atoms with E-state index in [9.17, 15) is 14.9 Å². The average molecular weight is 677 g/mol. The zero-order chi connectivity index (χ0) is 34.8. The van der Waals surface area contributed by atoms with E-state index < -0.39 is 23.5 Å². The van der Waals surface area contributed by atoms with Crippen LogP contribution in [0.1, 0.15) is 30.7 Å². The summed E-state index contributed by atoms with van der Waals surface area (Å²) >= 11 is 0. The van der Waals surface area contributed by atoms with Gasteiger partial charge in [-0.1, -0.05) is 54.6 Å². The number of benzene rings is 3. The molecule has 5 aromatic rings. The molecule has 7 rings (SSSR count). The van der Waals surface area contributed by atoms with E-state index >= 15 is 4.39 Å². The number of aryl methyl sites for hydroxylation is 1. The molecule has 0 bridgehead atoms. The van der Waals surface area contributed by atoms with E-state index in [0.717, 1.165) is 24.9 Å². The Hall–Kier alpha value is -5.61. The molecule has 0 radical (unpaired) electrons. The first kappa shape index (κ1) is 32.9. The van der Waals surface area contributed by atoms with Crippen LogP contribution in [0.15, 0.2) is 71.5 Å². The molecule has 2 atom stereocenters. The van der Waals surface area contributed by atoms with Crippen molar-refractivity contribution in [2.45, 2.75) is 44.9 Å². The van der Waals surface area contributed by atoms with Gasteiger partial charge in [0.05, 0.1) is 24.2 Å². The van der Waals surface area contributed by atoms with Gasteiger partial charge in [-0.25, -0.2) is 14.2 Å². The summed E-state index contributed by atoms with van der Waals surface area (Å²) < 4.78 is 28.4. The zero-order valence-electron chi connectivity index (χ0n) is 28.0. The maximum atomic E-state index is 15.2. The number of carbonyl (C=O) groups is 1. The Morgan fingerprint density at radius 1 is 0.980 bits per heavy atom. The lowest BCUT2D eigenvalue weighted by Crippen LogP contribution is -2.55. The average Bonchev–Trinajstić information content (AvgIpc) is 3.54. The number of piperazine rings is 1. The van der Waals surface area contributed by atoms with Crippen molar-refractivity contribution in [1.29, 1.82) is 5.26 Å². The fourth-order valence-corrected chi connectivity index (χ4v) is 6.90. The zero-order valence-corrected chi connectivity index (χ0v) is 28.0. The second kappa shape index (κ2) is 14.1. The number of likely N-dealkylation sites (tertiary alicyclic amines) is 1. The lowest BCUT2D eigenvalue weighted by molar-refractivity contribution is 0.0768. The molecule has 50 heavy (non-hydrogen) atoms. The number of hydrogen-bond acceptors (Lipinski definition) is 10. The molecule has 0 N–H and O–H groups in total. The number of nitrogens with zero attached hydrogens (tertiary/aromatic N) is 8. The molecule has 0 spiro atoms. The van der Waals surface area contributed by atoms with Crippen molar-refractivity contribution >= 4 is 33.7 Å². The predicted octanol–water partition coefficient (Wildman–Crippen LogP) is 4.99. The van der Waals surface area contributed by atoms with Gasteiger partial charge in [-0.3, -0.25) is 9.36 Å². The Bertz CT molecular complexity index is 2150. The lowest BCUT2D eigenvalue weighted by atomic mass is 10.1. The molecule has 2 aromatic heterocycles. The van der Waals surface area contributed by atoms with E-state index in [1.54, 1.807) is 42.2 Å². The van der Waals surface area contributed by atoms with Crippen molar-refractivity contribution in [1.82, 2.24) is 29.3 Å². The molecule has 1 amide bonds. The predicted molar refractivity (Wildman–Crippen MR) is 186 cm³/mol. The number of hydrogen-bond donors (Lipinski definition) is 0. The van der Waals surface area contributed by atoms with Gasteiger partial charge in [0.1, 0.15) is 30.4 Å². The standard InChI is InChI=1S/C37H37FN8O4/c1-24-40-32-33(35(47)46(24)30-15-7-12-26-11-6-14-29(38)31(26)30)41-36(49-23-28-13-8-18-43(28)2)42-34(32)44-19-20-45(27(21-44)16-17-39)37(48)50-22-25-9-4-3-5-10-25/h3-7,9-12,14-15,27-28H,8,13,16,18-23H2,1-2H3/t27-,28-/m0/s1. The molecule has 4 heterocycles. The van der Waals surface area contributed by atoms with Crippen molar-refractivity contribution in [2.75, 3.05) is 44.7 Å². The van der Waals surface area contributed by atoms with Crippen LogP contribution in [0, 0.1) is 24.1 Å². The summed E-state index contributed by atoms with van der Waals surface area (Å²) in [5.41, 5.74) is 0.991. The van der Waals surface area contributed by atoms with Gasteiger partial charge in [-0.2, -0.15) is 15.2 Å². The van der Waals surface area contributed by atoms with Gasteiger partial charge in [0, 0.05) is 31.1 Å². The van der Waals surface area contributed by atoms with Crippen molar-refractivity contribution in [3.63, 3.8) is 0 Å². The number of anilines is 1. The minimum atomic E-state index is -0.515. The third kappa shape index (κ3) is 6.42. The molecule has 2 aliphatic rings. The largest absolute Gasteiger partial charge is 0.462 e. The highest BCUT2D eigenvalue weighted by Crippen LogP contribution is 2.30. The van der Waals surface area contributed by atoms with Gasteiger partial charge in [0.2, 0.25) is 0 Å². The summed E-state index contributed by atoms with van der Waals surface area (Å²) in [7, 11) is 2.04. The molecule has 2 saturated heterocycles. The molecule has 0 unspecified atom stereocenters. The molecule has 13 heteroatoms. The van der Waals surface area contributed by atoms with Gasteiger partial charge in [0.25, 0.3) is 5.56 Å². The van der Waals surface area contributed by atoms with Crippen LogP contribution in [0.5, 0.6) is 6.01 Å². The fourth-order valence-electron chi connectivity index (χ4n) is 6.90. The number of halogens is 1. The molecule has 3 aromatic carbocycles. The number of aromatic nitrogens is 4. The minimum absolute atomic E-state index is 0.0188. The molecule has 12 nitrogen and oxygen atoms in total. The summed E-state index contributed by atoms with van der Waals surface area (Å²) in [5, 5.41) is 10.7. The van der Waals surface area contributed by atoms with Crippen molar-refractivity contribution < 1.29 is 18.7 Å². The Balaban J connectivity index is 1.27. The molecule has 0 aliphatic carbocycles. The quantitative estimate of drug-likeness (QED) is 0.222. The van der Waals surface area contributed by atoms with Crippen LogP contribution in [0.2, 0.25) is 0 Å². The summed E-state index contributed by atoms with van der Waals surface area (Å²) in [5.74, 6) is 0.226. The monoisotopic (exact) mass is 676 g/mol. The first-order valence-corrected chi connectivity index (χ1v) is 16.7. The Morgan fingerprint density at radius 3 is 2.54 bits per heavy atom. The van der Waals surface area contributed by atoms with E-state index in [1.807, 2.05) is 42.3 Å². The number of ether oxygens (including phenoxy) is 2. The van der Waals surface area contributed by atoms with Crippen LogP contribution < -0.4 is 15.2 Å². The first-order chi connectivity index (χ1) is 24.3. The lowest BCUT2D eigenvalue weighted by Gasteiger charge is -2.40. The number of amides is 1. The van der Waals surface area contributed by atoms with Crippen LogP contribution in [0.4, 0.5) is 15.0 Å². The third-order valence-electron chi connectivity index (χ3n) is 9.55. The summed E-state index contributed by atoms with van der Waals surface area (Å²) in [6, 6.07) is 21.3. The van der Waals surface area contributed by atoms with Crippen molar-refractivity contribution in [3.05, 3.63) is 94.3 Å². The number of nitriles is 1. The number of rotatable bonds is 8. The van der Waals surface area contributed by atoms with Gasteiger partial charge in [-0.15, -0.1) is 0 Å². The Labute approximate surface area is 288 Å². The van der Waals surface area contributed by atoms with Gasteiger partial charge in [-0.05, 0) is 56.4 Å². The van der Waals surface area contributed by atoms with Crippen LogP contribution in [-0.4, -0.2) is 87.3 Å². The molecular weight excluding hydrogens is 639 g/mol. The maximum Gasteiger partial charge on any atom is 0.410 e. The Morgan fingerprint density at radius 2 is 1.78 bits per heavy atom. The highest BCUT2D eigenvalue weighted by atomic mass is 19.1. The molecule has 2 aliphatic heterocycles. The van der Waals surface area contributed by atoms with E-state index in [0.29, 0.717) is 41.3 Å². The maximum absolute atomic E-state index is 15.2. The van der Waals surface area contributed by atoms with Gasteiger partial charge in [0.15, 0.2) is 11.3 Å². The normalized spacial score (nSPS) is 18.0. The second-order valence-corrected chi connectivity index (χ2v) is 12.7. The molecular formula is C37H37FN8O4. The minimum Gasteiger partial charge on any atom is -0.462 e. The third-order valence-corrected chi connectivity index (χ3v) is 9.55. The molecule has 2 fully saturated rings. The van der Waals surface area contributed by atoms with Crippen LogP contribution >= 0.6 is 0 Å². The number of fused-ring (bicyclic) bond motifs is 2. The van der Waals surface area contributed by atoms with Gasteiger partial charge < -0.3 is 24.2 Å². The summed E-state index contributed by atoms with van der Waals surface area (Å²) in [4.78, 5) is 47.6. The van der Waals surface area contributed by atoms with E-state index in [1.165, 1.54) is 10.6 Å². The highest BCUT2D eigenvalue weighted by molar-refractivity contribution is 5.92. The van der Waals surface area contributed by atoms with E-state index in [-0.39, 0.29) is 49.2 Å². The van der Waals surface area contributed by atoms with Crippen molar-refractivity contribution in [2.24, 2.45) is 0 Å². The molecule has 0 saturated carbocycles. The van der Waals surface area contributed by atoms with E-state index in [2.05, 4.69) is 16.0 Å². The van der Waals surface area contributed by atoms with Crippen LogP contribution in [0.25, 0.3) is 27.5 Å².